The molecule has 0 bridgehead atoms. The van der Waals surface area contributed by atoms with Gasteiger partial charge in [-0.1, -0.05) is 31.5 Å². The predicted molar refractivity (Wildman–Crippen MR) is 111 cm³/mol. The molecule has 2 rings (SSSR count). The van der Waals surface area contributed by atoms with E-state index < -0.39 is 23.4 Å². The van der Waals surface area contributed by atoms with E-state index in [4.69, 9.17) is 4.74 Å². The van der Waals surface area contributed by atoms with Crippen molar-refractivity contribution in [1.82, 2.24) is 0 Å². The van der Waals surface area contributed by atoms with E-state index in [1.165, 1.54) is 6.07 Å². The van der Waals surface area contributed by atoms with E-state index in [2.05, 4.69) is 17.6 Å². The molecule has 154 valence electrons. The number of nitrogens with zero attached hydrogens (tertiary/aromatic N) is 1. The van der Waals surface area contributed by atoms with Crippen LogP contribution in [0, 0.1) is 24.0 Å². The first-order valence-electron chi connectivity index (χ1n) is 9.39. The number of amides is 1. The number of para-hydroxylation sites is 1. The number of aryl methyl sites for hydroxylation is 1. The maximum Gasteiger partial charge on any atom is 0.340 e. The van der Waals surface area contributed by atoms with Crippen LogP contribution in [0.4, 0.5) is 17.1 Å². The number of ether oxygens (including phenoxy) is 1. The van der Waals surface area contributed by atoms with Gasteiger partial charge in [-0.15, -0.1) is 0 Å². The lowest BCUT2D eigenvalue weighted by molar-refractivity contribution is -0.384. The van der Waals surface area contributed by atoms with Gasteiger partial charge in [0.25, 0.3) is 11.6 Å². The fourth-order valence-corrected chi connectivity index (χ4v) is 2.71. The summed E-state index contributed by atoms with van der Waals surface area (Å²) in [6, 6.07) is 9.85. The number of hydrogen-bond acceptors (Lipinski definition) is 6. The second kappa shape index (κ2) is 10.2. The van der Waals surface area contributed by atoms with Crippen molar-refractivity contribution in [2.24, 2.45) is 0 Å². The van der Waals surface area contributed by atoms with E-state index in [1.54, 1.807) is 44.2 Å². The molecular formula is C21H25N3O5. The molecule has 29 heavy (non-hydrogen) atoms. The number of hydrogen-bond donors (Lipinski definition) is 2. The summed E-state index contributed by atoms with van der Waals surface area (Å²) in [7, 11) is 0. The Hall–Kier alpha value is -3.42. The Morgan fingerprint density at radius 1 is 1.14 bits per heavy atom. The van der Waals surface area contributed by atoms with Gasteiger partial charge in [0.05, 0.1) is 10.5 Å². The molecule has 0 aliphatic heterocycles. The lowest BCUT2D eigenvalue weighted by Gasteiger charge is -2.13. The molecule has 0 unspecified atom stereocenters. The van der Waals surface area contributed by atoms with E-state index in [-0.39, 0.29) is 11.4 Å². The number of anilines is 2. The zero-order chi connectivity index (χ0) is 21.4. The molecule has 0 radical (unpaired) electrons. The van der Waals surface area contributed by atoms with Crippen molar-refractivity contribution in [2.75, 3.05) is 23.8 Å². The van der Waals surface area contributed by atoms with E-state index in [0.717, 1.165) is 24.9 Å². The van der Waals surface area contributed by atoms with E-state index in [0.29, 0.717) is 16.8 Å². The summed E-state index contributed by atoms with van der Waals surface area (Å²) in [5.41, 5.74) is 2.25. The monoisotopic (exact) mass is 399 g/mol. The van der Waals surface area contributed by atoms with Crippen LogP contribution in [0.15, 0.2) is 36.4 Å². The van der Waals surface area contributed by atoms with Crippen LogP contribution in [0.1, 0.15) is 41.3 Å². The smallest absolute Gasteiger partial charge is 0.340 e. The van der Waals surface area contributed by atoms with Gasteiger partial charge in [0.15, 0.2) is 6.61 Å². The van der Waals surface area contributed by atoms with Gasteiger partial charge in [0.2, 0.25) is 0 Å². The van der Waals surface area contributed by atoms with Gasteiger partial charge in [0, 0.05) is 18.3 Å². The Morgan fingerprint density at radius 2 is 1.86 bits per heavy atom. The third kappa shape index (κ3) is 5.78. The highest BCUT2D eigenvalue weighted by atomic mass is 16.6. The molecule has 1 amide bonds. The maximum atomic E-state index is 12.4. The maximum absolute atomic E-state index is 12.4. The minimum Gasteiger partial charge on any atom is -0.452 e. The Bertz CT molecular complexity index is 911. The van der Waals surface area contributed by atoms with Gasteiger partial charge in [-0.25, -0.2) is 4.79 Å². The number of unbranched alkanes of at least 4 members (excludes halogenated alkanes) is 1. The van der Waals surface area contributed by atoms with Crippen molar-refractivity contribution in [2.45, 2.75) is 33.6 Å². The summed E-state index contributed by atoms with van der Waals surface area (Å²) in [5, 5.41) is 16.9. The Balaban J connectivity index is 2.05. The van der Waals surface area contributed by atoms with Gasteiger partial charge >= 0.3 is 5.97 Å². The number of carbonyl (C=O) groups excluding carboxylic acids is 2. The van der Waals surface area contributed by atoms with Crippen molar-refractivity contribution in [1.29, 1.82) is 0 Å². The van der Waals surface area contributed by atoms with Crippen LogP contribution in [0.2, 0.25) is 0 Å². The molecule has 2 aromatic carbocycles. The molecule has 2 N–H and O–H groups in total. The second-order valence-electron chi connectivity index (χ2n) is 6.61. The predicted octanol–water partition coefficient (Wildman–Crippen LogP) is 4.22. The van der Waals surface area contributed by atoms with Crippen LogP contribution in [-0.4, -0.2) is 30.0 Å². The van der Waals surface area contributed by atoms with Gasteiger partial charge < -0.3 is 15.4 Å². The minimum atomic E-state index is -0.647. The Morgan fingerprint density at radius 3 is 2.55 bits per heavy atom. The van der Waals surface area contributed by atoms with Gasteiger partial charge in [-0.05, 0) is 43.5 Å². The fourth-order valence-electron chi connectivity index (χ4n) is 2.71. The molecule has 0 atom stereocenters. The van der Waals surface area contributed by atoms with Gasteiger partial charge in [-0.2, -0.15) is 0 Å². The molecule has 8 heteroatoms. The molecular weight excluding hydrogens is 374 g/mol. The highest BCUT2D eigenvalue weighted by molar-refractivity contribution is 5.99. The number of nitro benzene ring substituents is 1. The van der Waals surface area contributed by atoms with Crippen LogP contribution in [-0.2, 0) is 9.53 Å². The molecule has 0 fully saturated rings. The molecule has 0 aromatic heterocycles. The first-order chi connectivity index (χ1) is 13.8. The first kappa shape index (κ1) is 21.9. The minimum absolute atomic E-state index is 0.109. The largest absolute Gasteiger partial charge is 0.452 e. The molecule has 0 aliphatic carbocycles. The number of rotatable bonds is 9. The summed E-state index contributed by atoms with van der Waals surface area (Å²) in [5.74, 6) is -1.29. The van der Waals surface area contributed by atoms with Crippen LogP contribution in [0.25, 0.3) is 0 Å². The normalized spacial score (nSPS) is 10.3. The third-order valence-electron chi connectivity index (χ3n) is 4.50. The molecule has 0 aliphatic rings. The quantitative estimate of drug-likeness (QED) is 0.283. The van der Waals surface area contributed by atoms with Gasteiger partial charge in [-0.3, -0.25) is 14.9 Å². The molecule has 2 aromatic rings. The summed E-state index contributed by atoms with van der Waals surface area (Å²) in [6.07, 6.45) is 1.98. The summed E-state index contributed by atoms with van der Waals surface area (Å²) >= 11 is 0. The molecule has 8 nitrogen and oxygen atoms in total. The molecule has 0 spiro atoms. The number of nitro groups is 1. The average Bonchev–Trinajstić information content (AvgIpc) is 2.70. The third-order valence-corrected chi connectivity index (χ3v) is 4.50. The van der Waals surface area contributed by atoms with Crippen LogP contribution >= 0.6 is 0 Å². The van der Waals surface area contributed by atoms with Crippen molar-refractivity contribution < 1.29 is 19.2 Å². The van der Waals surface area contributed by atoms with Crippen molar-refractivity contribution in [3.63, 3.8) is 0 Å². The highest BCUT2D eigenvalue weighted by Crippen LogP contribution is 2.30. The van der Waals surface area contributed by atoms with Crippen LogP contribution in [0.3, 0.4) is 0 Å². The van der Waals surface area contributed by atoms with Crippen LogP contribution in [0.5, 0.6) is 0 Å². The number of esters is 1. The Labute approximate surface area is 169 Å². The van der Waals surface area contributed by atoms with Gasteiger partial charge in [0.1, 0.15) is 5.69 Å². The SMILES string of the molecule is CCCCNc1ccccc1C(=O)OCC(=O)Nc1c([N+](=O)[O-])ccc(C)c1C. The topological polar surface area (TPSA) is 111 Å². The standard InChI is InChI=1S/C21H25N3O5/c1-4-5-12-22-17-9-7-6-8-16(17)21(26)29-13-19(25)23-20-15(3)14(2)10-11-18(20)24(27)28/h6-11,22H,4-5,12-13H2,1-3H3,(H,23,25). The molecule has 0 saturated heterocycles. The second-order valence-corrected chi connectivity index (χ2v) is 6.61. The lowest BCUT2D eigenvalue weighted by Crippen LogP contribution is -2.22. The summed E-state index contributed by atoms with van der Waals surface area (Å²) in [4.78, 5) is 35.3. The van der Waals surface area contributed by atoms with Crippen LogP contribution < -0.4 is 10.6 Å². The summed E-state index contributed by atoms with van der Waals surface area (Å²) < 4.78 is 5.12. The zero-order valence-corrected chi connectivity index (χ0v) is 16.8. The number of benzene rings is 2. The first-order valence-corrected chi connectivity index (χ1v) is 9.39. The zero-order valence-electron chi connectivity index (χ0n) is 16.8. The average molecular weight is 399 g/mol. The van der Waals surface area contributed by atoms with E-state index in [1.807, 2.05) is 0 Å². The van der Waals surface area contributed by atoms with E-state index in [9.17, 15) is 19.7 Å². The van der Waals surface area contributed by atoms with E-state index >= 15 is 0 Å². The van der Waals surface area contributed by atoms with Crippen molar-refractivity contribution >= 4 is 28.9 Å². The number of carbonyl (C=O) groups is 2. The molecule has 0 heterocycles. The fraction of sp³-hybridized carbons (Fsp3) is 0.333. The summed E-state index contributed by atoms with van der Waals surface area (Å²) in [6.45, 7) is 5.71. The molecule has 0 saturated carbocycles. The van der Waals surface area contributed by atoms with Crippen molar-refractivity contribution in [3.8, 4) is 0 Å². The lowest BCUT2D eigenvalue weighted by atomic mass is 10.1. The number of nitrogens with one attached hydrogen (secondary N) is 2. The van der Waals surface area contributed by atoms with Crippen molar-refractivity contribution in [3.05, 3.63) is 63.2 Å². The Kier molecular flexibility index (Phi) is 7.70. The highest BCUT2D eigenvalue weighted by Gasteiger charge is 2.20.